The first-order valence-corrected chi connectivity index (χ1v) is 6.74. The van der Waals surface area contributed by atoms with Gasteiger partial charge in [-0.05, 0) is 19.9 Å². The standard InChI is InChI=1S/C14H19N3O4/c1-8(2)17-13(18)3-4-16-14(19)9-5-11-12(6-10(9)15)21-7-20-11/h5-6,8H,3-4,7,15H2,1-2H3,(H,16,19)(H,17,18). The van der Waals surface area contributed by atoms with Gasteiger partial charge in [0.25, 0.3) is 5.91 Å². The number of hydrogen-bond donors (Lipinski definition) is 3. The third kappa shape index (κ3) is 3.77. The lowest BCUT2D eigenvalue weighted by Gasteiger charge is -2.10. The van der Waals surface area contributed by atoms with Gasteiger partial charge in [-0.25, -0.2) is 0 Å². The van der Waals surface area contributed by atoms with Crippen molar-refractivity contribution in [2.24, 2.45) is 0 Å². The molecule has 0 bridgehead atoms. The lowest BCUT2D eigenvalue weighted by molar-refractivity contribution is -0.121. The molecule has 0 unspecified atom stereocenters. The zero-order chi connectivity index (χ0) is 15.4. The second-order valence-electron chi connectivity index (χ2n) is 5.02. The van der Waals surface area contributed by atoms with Crippen molar-refractivity contribution < 1.29 is 19.1 Å². The summed E-state index contributed by atoms with van der Waals surface area (Å²) in [6, 6.07) is 3.18. The SMILES string of the molecule is CC(C)NC(=O)CCNC(=O)c1cc2c(cc1N)OCO2. The van der Waals surface area contributed by atoms with E-state index < -0.39 is 0 Å². The third-order valence-electron chi connectivity index (χ3n) is 2.88. The zero-order valence-corrected chi connectivity index (χ0v) is 12.1. The van der Waals surface area contributed by atoms with Gasteiger partial charge >= 0.3 is 0 Å². The van der Waals surface area contributed by atoms with Crippen LogP contribution in [0.4, 0.5) is 5.69 Å². The number of nitrogen functional groups attached to an aromatic ring is 1. The Hall–Kier alpha value is -2.44. The van der Waals surface area contributed by atoms with Gasteiger partial charge in [-0.3, -0.25) is 9.59 Å². The molecule has 0 fully saturated rings. The summed E-state index contributed by atoms with van der Waals surface area (Å²) in [5.41, 5.74) is 6.43. The molecule has 1 heterocycles. The van der Waals surface area contributed by atoms with Crippen molar-refractivity contribution in [3.8, 4) is 11.5 Å². The van der Waals surface area contributed by atoms with Gasteiger partial charge < -0.3 is 25.8 Å². The van der Waals surface area contributed by atoms with Crippen LogP contribution in [0.2, 0.25) is 0 Å². The molecule has 0 radical (unpaired) electrons. The molecule has 1 aliphatic rings. The molecule has 0 spiro atoms. The molecule has 0 aromatic heterocycles. The van der Waals surface area contributed by atoms with Crippen LogP contribution in [-0.2, 0) is 4.79 Å². The third-order valence-corrected chi connectivity index (χ3v) is 2.88. The molecule has 1 aromatic rings. The molecule has 2 amide bonds. The van der Waals surface area contributed by atoms with E-state index in [1.165, 1.54) is 0 Å². The van der Waals surface area contributed by atoms with Gasteiger partial charge in [-0.2, -0.15) is 0 Å². The number of benzene rings is 1. The summed E-state index contributed by atoms with van der Waals surface area (Å²) in [6.45, 7) is 4.12. The van der Waals surface area contributed by atoms with Crippen molar-refractivity contribution in [3.05, 3.63) is 17.7 Å². The van der Waals surface area contributed by atoms with Gasteiger partial charge in [0, 0.05) is 30.8 Å². The van der Waals surface area contributed by atoms with Crippen LogP contribution in [-0.4, -0.2) is 31.2 Å². The molecule has 0 saturated heterocycles. The van der Waals surface area contributed by atoms with Crippen LogP contribution < -0.4 is 25.8 Å². The Labute approximate surface area is 122 Å². The predicted octanol–water partition coefficient (Wildman–Crippen LogP) is 0.642. The number of carbonyl (C=O) groups excluding carboxylic acids is 2. The highest BCUT2D eigenvalue weighted by Gasteiger charge is 2.19. The number of amides is 2. The van der Waals surface area contributed by atoms with Crippen molar-refractivity contribution in [1.29, 1.82) is 0 Å². The highest BCUT2D eigenvalue weighted by molar-refractivity contribution is 6.00. The number of carbonyl (C=O) groups is 2. The number of ether oxygens (including phenoxy) is 2. The first kappa shape index (κ1) is 15.0. The highest BCUT2D eigenvalue weighted by atomic mass is 16.7. The monoisotopic (exact) mass is 293 g/mol. The van der Waals surface area contributed by atoms with E-state index in [9.17, 15) is 9.59 Å². The number of rotatable bonds is 5. The lowest BCUT2D eigenvalue weighted by Crippen LogP contribution is -2.34. The molecule has 7 nitrogen and oxygen atoms in total. The molecule has 0 aliphatic carbocycles. The number of hydrogen-bond acceptors (Lipinski definition) is 5. The fourth-order valence-electron chi connectivity index (χ4n) is 1.93. The number of nitrogens with one attached hydrogen (secondary N) is 2. The molecule has 1 aromatic carbocycles. The average Bonchev–Trinajstić information content (AvgIpc) is 2.83. The summed E-state index contributed by atoms with van der Waals surface area (Å²) >= 11 is 0. The maximum Gasteiger partial charge on any atom is 0.253 e. The number of fused-ring (bicyclic) bond motifs is 1. The Morgan fingerprint density at radius 2 is 1.95 bits per heavy atom. The summed E-state index contributed by atoms with van der Waals surface area (Å²) < 4.78 is 10.4. The van der Waals surface area contributed by atoms with E-state index in [0.717, 1.165) is 0 Å². The van der Waals surface area contributed by atoms with Crippen LogP contribution in [0.3, 0.4) is 0 Å². The molecule has 114 valence electrons. The number of nitrogens with two attached hydrogens (primary N) is 1. The van der Waals surface area contributed by atoms with Crippen LogP contribution in [0.1, 0.15) is 30.6 Å². The smallest absolute Gasteiger partial charge is 0.253 e. The summed E-state index contributed by atoms with van der Waals surface area (Å²) in [5.74, 6) is 0.569. The van der Waals surface area contributed by atoms with Crippen molar-refractivity contribution in [2.45, 2.75) is 26.3 Å². The maximum absolute atomic E-state index is 12.0. The Kier molecular flexibility index (Phi) is 4.52. The molecular weight excluding hydrogens is 274 g/mol. The fraction of sp³-hybridized carbons (Fsp3) is 0.429. The summed E-state index contributed by atoms with van der Waals surface area (Å²) in [6.07, 6.45) is 0.217. The molecule has 4 N–H and O–H groups in total. The average molecular weight is 293 g/mol. The Morgan fingerprint density at radius 3 is 2.62 bits per heavy atom. The summed E-state index contributed by atoms with van der Waals surface area (Å²) in [4.78, 5) is 23.5. The van der Waals surface area contributed by atoms with E-state index >= 15 is 0 Å². The van der Waals surface area contributed by atoms with Crippen LogP contribution in [0.5, 0.6) is 11.5 Å². The van der Waals surface area contributed by atoms with Gasteiger partial charge in [-0.1, -0.05) is 0 Å². The molecule has 0 saturated carbocycles. The minimum Gasteiger partial charge on any atom is -0.454 e. The predicted molar refractivity (Wildman–Crippen MR) is 77.2 cm³/mol. The van der Waals surface area contributed by atoms with E-state index in [0.29, 0.717) is 22.7 Å². The lowest BCUT2D eigenvalue weighted by atomic mass is 10.1. The normalized spacial score (nSPS) is 12.3. The van der Waals surface area contributed by atoms with Gasteiger partial charge in [-0.15, -0.1) is 0 Å². The molecule has 1 aliphatic heterocycles. The van der Waals surface area contributed by atoms with E-state index in [-0.39, 0.29) is 37.6 Å². The molecule has 21 heavy (non-hydrogen) atoms. The maximum atomic E-state index is 12.0. The van der Waals surface area contributed by atoms with E-state index in [4.69, 9.17) is 15.2 Å². The summed E-state index contributed by atoms with van der Waals surface area (Å²) in [5, 5.41) is 5.41. The van der Waals surface area contributed by atoms with Crippen molar-refractivity contribution in [1.82, 2.24) is 10.6 Å². The molecule has 7 heteroatoms. The highest BCUT2D eigenvalue weighted by Crippen LogP contribution is 2.35. The Bertz CT molecular complexity index is 557. The van der Waals surface area contributed by atoms with E-state index in [2.05, 4.69) is 10.6 Å². The van der Waals surface area contributed by atoms with Gasteiger partial charge in [0.2, 0.25) is 12.7 Å². The second-order valence-corrected chi connectivity index (χ2v) is 5.02. The van der Waals surface area contributed by atoms with E-state index in [1.54, 1.807) is 12.1 Å². The molecule has 2 rings (SSSR count). The first-order chi connectivity index (χ1) is 9.97. The summed E-state index contributed by atoms with van der Waals surface area (Å²) in [7, 11) is 0. The minimum atomic E-state index is -0.344. The van der Waals surface area contributed by atoms with Gasteiger partial charge in [0.05, 0.1) is 5.56 Å². The van der Waals surface area contributed by atoms with Crippen LogP contribution in [0.25, 0.3) is 0 Å². The number of anilines is 1. The van der Waals surface area contributed by atoms with Gasteiger partial charge in [0.15, 0.2) is 11.5 Å². The topological polar surface area (TPSA) is 103 Å². The first-order valence-electron chi connectivity index (χ1n) is 6.74. The minimum absolute atomic E-state index is 0.0812. The van der Waals surface area contributed by atoms with Crippen molar-refractivity contribution >= 4 is 17.5 Å². The van der Waals surface area contributed by atoms with E-state index in [1.807, 2.05) is 13.8 Å². The fourth-order valence-corrected chi connectivity index (χ4v) is 1.93. The Balaban J connectivity index is 1.91. The van der Waals surface area contributed by atoms with Gasteiger partial charge in [0.1, 0.15) is 0 Å². The van der Waals surface area contributed by atoms with Crippen LogP contribution in [0.15, 0.2) is 12.1 Å². The van der Waals surface area contributed by atoms with Crippen molar-refractivity contribution in [2.75, 3.05) is 19.1 Å². The quantitative estimate of drug-likeness (QED) is 0.691. The zero-order valence-electron chi connectivity index (χ0n) is 12.1. The largest absolute Gasteiger partial charge is 0.454 e. The van der Waals surface area contributed by atoms with Crippen LogP contribution >= 0.6 is 0 Å². The second kappa shape index (κ2) is 6.34. The van der Waals surface area contributed by atoms with Crippen molar-refractivity contribution in [3.63, 3.8) is 0 Å². The molecular formula is C14H19N3O4. The van der Waals surface area contributed by atoms with Crippen LogP contribution in [0, 0.1) is 0 Å². The Morgan fingerprint density at radius 1 is 1.29 bits per heavy atom. The molecule has 0 atom stereocenters.